The molecule has 0 radical (unpaired) electrons. The monoisotopic (exact) mass is 337 g/mol. The van der Waals surface area contributed by atoms with Crippen molar-refractivity contribution in [2.24, 2.45) is 7.05 Å². The molecule has 25 heavy (non-hydrogen) atoms. The van der Waals surface area contributed by atoms with Gasteiger partial charge in [0, 0.05) is 48.5 Å². The number of para-hydroxylation sites is 1. The number of benzene rings is 1. The van der Waals surface area contributed by atoms with Gasteiger partial charge in [-0.3, -0.25) is 4.79 Å². The Balaban J connectivity index is 1.56. The maximum absolute atomic E-state index is 12.1. The SMILES string of the molecule is CC(C)n1cc(CCCC(=O)NCc2cccn2C)c2ccccc21. The van der Waals surface area contributed by atoms with Gasteiger partial charge in [-0.05, 0) is 50.5 Å². The molecule has 2 heterocycles. The Labute approximate surface area is 149 Å². The molecule has 0 bridgehead atoms. The van der Waals surface area contributed by atoms with E-state index < -0.39 is 0 Å². The summed E-state index contributed by atoms with van der Waals surface area (Å²) < 4.78 is 4.35. The average Bonchev–Trinajstić information content (AvgIpc) is 3.17. The average molecular weight is 337 g/mol. The molecule has 1 amide bonds. The van der Waals surface area contributed by atoms with Crippen molar-refractivity contribution in [1.82, 2.24) is 14.5 Å². The van der Waals surface area contributed by atoms with Gasteiger partial charge in [-0.1, -0.05) is 18.2 Å². The predicted molar refractivity (Wildman–Crippen MR) is 103 cm³/mol. The second-order valence-electron chi connectivity index (χ2n) is 6.91. The first-order valence-corrected chi connectivity index (χ1v) is 9.01. The topological polar surface area (TPSA) is 39.0 Å². The summed E-state index contributed by atoms with van der Waals surface area (Å²) in [7, 11) is 1.99. The van der Waals surface area contributed by atoms with E-state index in [4.69, 9.17) is 0 Å². The van der Waals surface area contributed by atoms with Crippen LogP contribution in [0.25, 0.3) is 10.9 Å². The minimum Gasteiger partial charge on any atom is -0.353 e. The molecule has 1 aromatic carbocycles. The molecule has 2 aromatic heterocycles. The Morgan fingerprint density at radius 1 is 1.16 bits per heavy atom. The van der Waals surface area contributed by atoms with E-state index in [9.17, 15) is 4.79 Å². The maximum atomic E-state index is 12.1. The van der Waals surface area contributed by atoms with Crippen LogP contribution in [0, 0.1) is 0 Å². The number of amides is 1. The molecule has 0 fully saturated rings. The van der Waals surface area contributed by atoms with E-state index >= 15 is 0 Å². The fourth-order valence-electron chi connectivity index (χ4n) is 3.30. The molecule has 0 spiro atoms. The van der Waals surface area contributed by atoms with Crippen molar-refractivity contribution in [1.29, 1.82) is 0 Å². The number of nitrogens with one attached hydrogen (secondary N) is 1. The van der Waals surface area contributed by atoms with Crippen LogP contribution in [0.1, 0.15) is 44.0 Å². The number of carbonyl (C=O) groups excluding carboxylic acids is 1. The van der Waals surface area contributed by atoms with E-state index in [1.54, 1.807) is 0 Å². The number of aromatic nitrogens is 2. The normalized spacial score (nSPS) is 11.4. The lowest BCUT2D eigenvalue weighted by Crippen LogP contribution is -2.23. The van der Waals surface area contributed by atoms with E-state index in [1.807, 2.05) is 29.9 Å². The van der Waals surface area contributed by atoms with Crippen LogP contribution < -0.4 is 5.32 Å². The predicted octanol–water partition coefficient (Wildman–Crippen LogP) is 4.20. The number of nitrogens with zero attached hydrogens (tertiary/aromatic N) is 2. The molecule has 0 saturated heterocycles. The van der Waals surface area contributed by atoms with E-state index in [1.165, 1.54) is 16.5 Å². The van der Waals surface area contributed by atoms with Crippen LogP contribution in [0.3, 0.4) is 0 Å². The molecule has 1 N–H and O–H groups in total. The molecule has 0 unspecified atom stereocenters. The molecule has 4 nitrogen and oxygen atoms in total. The quantitative estimate of drug-likeness (QED) is 0.689. The Kier molecular flexibility index (Phi) is 5.27. The smallest absolute Gasteiger partial charge is 0.220 e. The summed E-state index contributed by atoms with van der Waals surface area (Å²) in [5.74, 6) is 0.119. The molecule has 0 atom stereocenters. The van der Waals surface area contributed by atoms with Crippen LogP contribution in [0.15, 0.2) is 48.8 Å². The minimum atomic E-state index is 0.119. The van der Waals surface area contributed by atoms with Gasteiger partial charge in [0.05, 0.1) is 6.54 Å². The Bertz CT molecular complexity index is 857. The van der Waals surface area contributed by atoms with Gasteiger partial charge in [-0.25, -0.2) is 0 Å². The first kappa shape index (κ1) is 17.3. The highest BCUT2D eigenvalue weighted by Crippen LogP contribution is 2.25. The summed E-state index contributed by atoms with van der Waals surface area (Å²) >= 11 is 0. The Morgan fingerprint density at radius 2 is 1.96 bits per heavy atom. The summed E-state index contributed by atoms with van der Waals surface area (Å²) in [6.07, 6.45) is 6.59. The van der Waals surface area contributed by atoms with E-state index in [2.05, 4.69) is 54.2 Å². The number of aryl methyl sites for hydroxylation is 2. The van der Waals surface area contributed by atoms with Gasteiger partial charge < -0.3 is 14.5 Å². The van der Waals surface area contributed by atoms with Crippen molar-refractivity contribution in [3.8, 4) is 0 Å². The first-order chi connectivity index (χ1) is 12.1. The highest BCUT2D eigenvalue weighted by molar-refractivity contribution is 5.84. The molecule has 3 rings (SSSR count). The second-order valence-corrected chi connectivity index (χ2v) is 6.91. The Morgan fingerprint density at radius 3 is 2.68 bits per heavy atom. The van der Waals surface area contributed by atoms with Crippen molar-refractivity contribution in [2.45, 2.75) is 45.7 Å². The lowest BCUT2D eigenvalue weighted by molar-refractivity contribution is -0.121. The van der Waals surface area contributed by atoms with Crippen LogP contribution in [0.5, 0.6) is 0 Å². The summed E-state index contributed by atoms with van der Waals surface area (Å²) in [5, 5.41) is 4.31. The molecule has 3 aromatic rings. The van der Waals surface area contributed by atoms with Gasteiger partial charge in [-0.2, -0.15) is 0 Å². The standard InChI is InChI=1S/C21H27N3O/c1-16(2)24-15-17(19-10-4-5-11-20(19)24)8-6-12-21(25)22-14-18-9-7-13-23(18)3/h4-5,7,9-11,13,15-16H,6,8,12,14H2,1-3H3,(H,22,25). The zero-order chi connectivity index (χ0) is 17.8. The third kappa shape index (κ3) is 3.95. The molecule has 0 aliphatic heterocycles. The summed E-state index contributed by atoms with van der Waals surface area (Å²) in [4.78, 5) is 12.1. The van der Waals surface area contributed by atoms with Gasteiger partial charge >= 0.3 is 0 Å². The van der Waals surface area contributed by atoms with E-state index in [0.717, 1.165) is 18.5 Å². The summed E-state index contributed by atoms with van der Waals surface area (Å²) in [5.41, 5.74) is 3.73. The van der Waals surface area contributed by atoms with Crippen molar-refractivity contribution in [3.05, 3.63) is 60.0 Å². The molecule has 0 aliphatic carbocycles. The third-order valence-corrected chi connectivity index (χ3v) is 4.75. The summed E-state index contributed by atoms with van der Waals surface area (Å²) in [6, 6.07) is 13.0. The molecule has 132 valence electrons. The van der Waals surface area contributed by atoms with Crippen LogP contribution in [0.2, 0.25) is 0 Å². The lowest BCUT2D eigenvalue weighted by Gasteiger charge is -2.08. The maximum Gasteiger partial charge on any atom is 0.220 e. The minimum absolute atomic E-state index is 0.119. The number of fused-ring (bicyclic) bond motifs is 1. The van der Waals surface area contributed by atoms with E-state index in [0.29, 0.717) is 19.0 Å². The second kappa shape index (κ2) is 7.60. The van der Waals surface area contributed by atoms with Gasteiger partial charge in [0.1, 0.15) is 0 Å². The van der Waals surface area contributed by atoms with Crippen molar-refractivity contribution >= 4 is 16.8 Å². The molecular weight excluding hydrogens is 310 g/mol. The largest absolute Gasteiger partial charge is 0.353 e. The van der Waals surface area contributed by atoms with E-state index in [-0.39, 0.29) is 5.91 Å². The van der Waals surface area contributed by atoms with Gasteiger partial charge in [0.2, 0.25) is 5.91 Å². The Hall–Kier alpha value is -2.49. The zero-order valence-electron chi connectivity index (χ0n) is 15.3. The summed E-state index contributed by atoms with van der Waals surface area (Å²) in [6.45, 7) is 5.00. The fraction of sp³-hybridized carbons (Fsp3) is 0.381. The van der Waals surface area contributed by atoms with Gasteiger partial charge in [0.15, 0.2) is 0 Å². The molecule has 0 saturated carbocycles. The third-order valence-electron chi connectivity index (χ3n) is 4.75. The van der Waals surface area contributed by atoms with Gasteiger partial charge in [0.25, 0.3) is 0 Å². The number of hydrogen-bond donors (Lipinski definition) is 1. The van der Waals surface area contributed by atoms with Crippen molar-refractivity contribution in [3.63, 3.8) is 0 Å². The fourth-order valence-corrected chi connectivity index (χ4v) is 3.30. The highest BCUT2D eigenvalue weighted by Gasteiger charge is 2.10. The molecular formula is C21H27N3O. The highest BCUT2D eigenvalue weighted by atomic mass is 16.1. The molecule has 0 aliphatic rings. The van der Waals surface area contributed by atoms with Crippen molar-refractivity contribution < 1.29 is 4.79 Å². The van der Waals surface area contributed by atoms with Crippen LogP contribution in [0.4, 0.5) is 0 Å². The number of hydrogen-bond acceptors (Lipinski definition) is 1. The first-order valence-electron chi connectivity index (χ1n) is 9.01. The molecule has 4 heteroatoms. The number of carbonyl (C=O) groups is 1. The van der Waals surface area contributed by atoms with Crippen molar-refractivity contribution in [2.75, 3.05) is 0 Å². The van der Waals surface area contributed by atoms with Crippen LogP contribution in [-0.4, -0.2) is 15.0 Å². The zero-order valence-corrected chi connectivity index (χ0v) is 15.3. The van der Waals surface area contributed by atoms with Crippen LogP contribution >= 0.6 is 0 Å². The lowest BCUT2D eigenvalue weighted by atomic mass is 10.1. The van der Waals surface area contributed by atoms with Gasteiger partial charge in [-0.15, -0.1) is 0 Å². The van der Waals surface area contributed by atoms with Crippen LogP contribution in [-0.2, 0) is 24.8 Å². The number of rotatable bonds is 7.